The fourth-order valence-electron chi connectivity index (χ4n) is 3.84. The summed E-state index contributed by atoms with van der Waals surface area (Å²) in [5.74, 6) is 0.384. The predicted molar refractivity (Wildman–Crippen MR) is 118 cm³/mol. The van der Waals surface area contributed by atoms with Gasteiger partial charge in [-0.15, -0.1) is 5.10 Å². The molecule has 5 rings (SSSR count). The van der Waals surface area contributed by atoms with Crippen LogP contribution in [0.5, 0.6) is 0 Å². The summed E-state index contributed by atoms with van der Waals surface area (Å²) in [4.78, 5) is 13.3. The lowest BCUT2D eigenvalue weighted by Crippen LogP contribution is -2.15. The van der Waals surface area contributed by atoms with E-state index in [-0.39, 0.29) is 17.8 Å². The van der Waals surface area contributed by atoms with Crippen molar-refractivity contribution >= 4 is 17.5 Å². The van der Waals surface area contributed by atoms with E-state index in [0.29, 0.717) is 11.3 Å². The van der Waals surface area contributed by atoms with Crippen LogP contribution in [0.4, 0.5) is 6.01 Å². The molecule has 2 aromatic carbocycles. The standard InChI is InChI=1S/C25H21N3O3/c29-23(26-25-28-27-24(31-25)22-12-7-15-30-22)21-16-19(17-8-3-1-4-9-17)13-14-20(21)18-10-5-2-6-11-18/h1,3-4,7-10,12-16H,2,5-6,11H2,(H,26,28,29). The molecule has 0 fully saturated rings. The van der Waals surface area contributed by atoms with Crippen LogP contribution in [0.25, 0.3) is 28.4 Å². The highest BCUT2D eigenvalue weighted by Gasteiger charge is 2.20. The van der Waals surface area contributed by atoms with Crippen LogP contribution in [0.15, 0.2) is 81.8 Å². The van der Waals surface area contributed by atoms with Gasteiger partial charge in [0.1, 0.15) is 0 Å². The molecule has 4 aromatic rings. The van der Waals surface area contributed by atoms with E-state index < -0.39 is 0 Å². The van der Waals surface area contributed by atoms with E-state index in [1.54, 1.807) is 12.1 Å². The minimum Gasteiger partial charge on any atom is -0.459 e. The van der Waals surface area contributed by atoms with Crippen LogP contribution in [0, 0.1) is 0 Å². The third-order valence-corrected chi connectivity index (χ3v) is 5.39. The third kappa shape index (κ3) is 4.05. The molecule has 2 heterocycles. The molecular weight excluding hydrogens is 390 g/mol. The number of benzene rings is 2. The Labute approximate surface area is 179 Å². The van der Waals surface area contributed by atoms with E-state index in [9.17, 15) is 4.79 Å². The van der Waals surface area contributed by atoms with Crippen LogP contribution in [0.2, 0.25) is 0 Å². The van der Waals surface area contributed by atoms with E-state index in [1.807, 2.05) is 42.5 Å². The Bertz CT molecular complexity index is 1220. The van der Waals surface area contributed by atoms with Crippen LogP contribution in [-0.2, 0) is 0 Å². The second-order valence-corrected chi connectivity index (χ2v) is 7.45. The minimum absolute atomic E-state index is 0.0325. The molecule has 1 N–H and O–H groups in total. The van der Waals surface area contributed by atoms with Crippen molar-refractivity contribution in [2.45, 2.75) is 25.7 Å². The van der Waals surface area contributed by atoms with Crippen molar-refractivity contribution in [3.05, 3.63) is 84.1 Å². The number of furan rings is 1. The largest absolute Gasteiger partial charge is 0.459 e. The van der Waals surface area contributed by atoms with Gasteiger partial charge in [-0.05, 0) is 66.1 Å². The van der Waals surface area contributed by atoms with E-state index in [4.69, 9.17) is 8.83 Å². The van der Waals surface area contributed by atoms with Gasteiger partial charge in [0.05, 0.1) is 6.26 Å². The number of anilines is 1. The number of hydrogen-bond donors (Lipinski definition) is 1. The van der Waals surface area contributed by atoms with Gasteiger partial charge < -0.3 is 8.83 Å². The van der Waals surface area contributed by atoms with E-state index in [1.165, 1.54) is 18.3 Å². The minimum atomic E-state index is -0.283. The molecule has 154 valence electrons. The number of carbonyl (C=O) groups is 1. The van der Waals surface area contributed by atoms with Crippen molar-refractivity contribution in [2.24, 2.45) is 0 Å². The summed E-state index contributed by atoms with van der Waals surface area (Å²) in [6.07, 6.45) is 8.08. The average molecular weight is 411 g/mol. The Morgan fingerprint density at radius 1 is 0.935 bits per heavy atom. The second kappa shape index (κ2) is 8.44. The van der Waals surface area contributed by atoms with Crippen molar-refractivity contribution in [1.82, 2.24) is 10.2 Å². The number of allylic oxidation sites excluding steroid dienone is 2. The SMILES string of the molecule is O=C(Nc1nnc(-c2ccco2)o1)c1cc(-c2ccccc2)ccc1C1=CCCCC1. The van der Waals surface area contributed by atoms with Gasteiger partial charge in [0.2, 0.25) is 0 Å². The smallest absolute Gasteiger partial charge is 0.322 e. The Hall–Kier alpha value is -3.93. The summed E-state index contributed by atoms with van der Waals surface area (Å²) in [6.45, 7) is 0. The summed E-state index contributed by atoms with van der Waals surface area (Å²) in [6, 6.07) is 19.5. The van der Waals surface area contributed by atoms with Crippen molar-refractivity contribution in [3.8, 4) is 22.8 Å². The zero-order valence-corrected chi connectivity index (χ0v) is 16.9. The maximum atomic E-state index is 13.3. The molecule has 0 atom stereocenters. The molecule has 0 saturated heterocycles. The number of carbonyl (C=O) groups excluding carboxylic acids is 1. The summed E-state index contributed by atoms with van der Waals surface area (Å²) in [5.41, 5.74) is 4.78. The van der Waals surface area contributed by atoms with Gasteiger partial charge in [0.25, 0.3) is 11.8 Å². The maximum absolute atomic E-state index is 13.3. The number of hydrogen-bond acceptors (Lipinski definition) is 5. The van der Waals surface area contributed by atoms with Gasteiger partial charge in [-0.2, -0.15) is 0 Å². The molecule has 0 aliphatic heterocycles. The first-order valence-electron chi connectivity index (χ1n) is 10.4. The van der Waals surface area contributed by atoms with Crippen molar-refractivity contribution < 1.29 is 13.6 Å². The molecule has 0 bridgehead atoms. The lowest BCUT2D eigenvalue weighted by atomic mass is 9.88. The summed E-state index contributed by atoms with van der Waals surface area (Å²) < 4.78 is 10.8. The van der Waals surface area contributed by atoms with Gasteiger partial charge >= 0.3 is 6.01 Å². The molecule has 31 heavy (non-hydrogen) atoms. The lowest BCUT2D eigenvalue weighted by molar-refractivity contribution is 0.102. The highest BCUT2D eigenvalue weighted by Crippen LogP contribution is 2.32. The Morgan fingerprint density at radius 3 is 2.61 bits per heavy atom. The molecule has 2 aromatic heterocycles. The summed E-state index contributed by atoms with van der Waals surface area (Å²) >= 11 is 0. The van der Waals surface area contributed by atoms with Gasteiger partial charge in [0, 0.05) is 5.56 Å². The first kappa shape index (κ1) is 19.1. The zero-order chi connectivity index (χ0) is 21.0. The molecular formula is C25H21N3O3. The van der Waals surface area contributed by atoms with Crippen LogP contribution in [0.1, 0.15) is 41.6 Å². The van der Waals surface area contributed by atoms with E-state index in [0.717, 1.165) is 36.0 Å². The number of nitrogens with one attached hydrogen (secondary N) is 1. The van der Waals surface area contributed by atoms with Crippen LogP contribution < -0.4 is 5.32 Å². The van der Waals surface area contributed by atoms with Gasteiger partial charge in [-0.1, -0.05) is 53.6 Å². The highest BCUT2D eigenvalue weighted by molar-refractivity contribution is 6.07. The normalized spacial score (nSPS) is 13.6. The van der Waals surface area contributed by atoms with Crippen molar-refractivity contribution in [3.63, 3.8) is 0 Å². The molecule has 1 amide bonds. The fraction of sp³-hybridized carbons (Fsp3) is 0.160. The zero-order valence-electron chi connectivity index (χ0n) is 16.9. The number of amides is 1. The second-order valence-electron chi connectivity index (χ2n) is 7.45. The van der Waals surface area contributed by atoms with Crippen molar-refractivity contribution in [2.75, 3.05) is 5.32 Å². The fourth-order valence-corrected chi connectivity index (χ4v) is 3.84. The monoisotopic (exact) mass is 411 g/mol. The number of nitrogens with zero attached hydrogens (tertiary/aromatic N) is 2. The van der Waals surface area contributed by atoms with Crippen LogP contribution >= 0.6 is 0 Å². The Balaban J connectivity index is 1.49. The quantitative estimate of drug-likeness (QED) is 0.422. The van der Waals surface area contributed by atoms with Crippen LogP contribution in [-0.4, -0.2) is 16.1 Å². The highest BCUT2D eigenvalue weighted by atomic mass is 16.4. The van der Waals surface area contributed by atoms with Crippen LogP contribution in [0.3, 0.4) is 0 Å². The molecule has 0 saturated carbocycles. The van der Waals surface area contributed by atoms with E-state index in [2.05, 4.69) is 27.7 Å². The molecule has 0 radical (unpaired) electrons. The Morgan fingerprint density at radius 2 is 1.84 bits per heavy atom. The summed E-state index contributed by atoms with van der Waals surface area (Å²) in [5, 5.41) is 10.6. The summed E-state index contributed by atoms with van der Waals surface area (Å²) in [7, 11) is 0. The van der Waals surface area contributed by atoms with Crippen molar-refractivity contribution in [1.29, 1.82) is 0 Å². The third-order valence-electron chi connectivity index (χ3n) is 5.39. The first-order valence-corrected chi connectivity index (χ1v) is 10.4. The Kier molecular flexibility index (Phi) is 5.19. The number of aromatic nitrogens is 2. The first-order chi connectivity index (χ1) is 15.3. The molecule has 6 nitrogen and oxygen atoms in total. The molecule has 0 unspecified atom stereocenters. The number of rotatable bonds is 5. The predicted octanol–water partition coefficient (Wildman–Crippen LogP) is 6.21. The van der Waals surface area contributed by atoms with E-state index >= 15 is 0 Å². The van der Waals surface area contributed by atoms with Gasteiger partial charge in [-0.3, -0.25) is 10.1 Å². The molecule has 0 spiro atoms. The average Bonchev–Trinajstić information content (AvgIpc) is 3.52. The molecule has 6 heteroatoms. The molecule has 1 aliphatic carbocycles. The lowest BCUT2D eigenvalue weighted by Gasteiger charge is -2.17. The molecule has 1 aliphatic rings. The van der Waals surface area contributed by atoms with Gasteiger partial charge in [0.15, 0.2) is 5.76 Å². The maximum Gasteiger partial charge on any atom is 0.322 e. The topological polar surface area (TPSA) is 81.2 Å². The van der Waals surface area contributed by atoms with Gasteiger partial charge in [-0.25, -0.2) is 0 Å².